The van der Waals surface area contributed by atoms with Gasteiger partial charge in [-0.25, -0.2) is 13.8 Å². The zero-order valence-corrected chi connectivity index (χ0v) is 14.8. The van der Waals surface area contributed by atoms with Gasteiger partial charge in [0.05, 0.1) is 31.1 Å². The molecule has 1 unspecified atom stereocenters. The topological polar surface area (TPSA) is 81.5 Å². The van der Waals surface area contributed by atoms with Crippen LogP contribution in [0.3, 0.4) is 0 Å². The predicted octanol–water partition coefficient (Wildman–Crippen LogP) is 3.84. The fourth-order valence-electron chi connectivity index (χ4n) is 2.63. The monoisotopic (exact) mass is 378 g/mol. The predicted molar refractivity (Wildman–Crippen MR) is 92.6 cm³/mol. The number of rotatable bonds is 8. The summed E-state index contributed by atoms with van der Waals surface area (Å²) in [6.07, 6.45) is 5.87. The SMILES string of the molecule is CC(COc1c(F)cc(-c2cncc(OC3CCC3)n2)cc1F)CC(=O)O. The smallest absolute Gasteiger partial charge is 0.303 e. The second-order valence-corrected chi connectivity index (χ2v) is 6.70. The Kier molecular flexibility index (Phi) is 5.83. The van der Waals surface area contributed by atoms with Crippen LogP contribution in [0.2, 0.25) is 0 Å². The van der Waals surface area contributed by atoms with E-state index in [0.717, 1.165) is 31.4 Å². The minimum Gasteiger partial charge on any atom is -0.487 e. The van der Waals surface area contributed by atoms with E-state index in [0.29, 0.717) is 5.88 Å². The Hall–Kier alpha value is -2.77. The quantitative estimate of drug-likeness (QED) is 0.752. The van der Waals surface area contributed by atoms with Crippen molar-refractivity contribution in [2.75, 3.05) is 6.61 Å². The average Bonchev–Trinajstić information content (AvgIpc) is 2.57. The fourth-order valence-corrected chi connectivity index (χ4v) is 2.63. The van der Waals surface area contributed by atoms with E-state index in [1.165, 1.54) is 12.4 Å². The first-order valence-corrected chi connectivity index (χ1v) is 8.75. The largest absolute Gasteiger partial charge is 0.487 e. The van der Waals surface area contributed by atoms with E-state index < -0.39 is 23.4 Å². The zero-order chi connectivity index (χ0) is 19.4. The molecule has 1 saturated carbocycles. The van der Waals surface area contributed by atoms with Crippen molar-refractivity contribution in [3.8, 4) is 22.9 Å². The van der Waals surface area contributed by atoms with Gasteiger partial charge >= 0.3 is 5.97 Å². The lowest BCUT2D eigenvalue weighted by Crippen LogP contribution is -2.25. The summed E-state index contributed by atoms with van der Waals surface area (Å²) in [6.45, 7) is 1.52. The van der Waals surface area contributed by atoms with Crippen LogP contribution in [0.5, 0.6) is 11.6 Å². The molecule has 1 aromatic carbocycles. The van der Waals surface area contributed by atoms with Gasteiger partial charge in [0.25, 0.3) is 0 Å². The van der Waals surface area contributed by atoms with E-state index in [4.69, 9.17) is 14.6 Å². The van der Waals surface area contributed by atoms with Crippen LogP contribution in [0.25, 0.3) is 11.3 Å². The lowest BCUT2D eigenvalue weighted by atomic mass is 9.96. The average molecular weight is 378 g/mol. The number of aromatic nitrogens is 2. The minimum atomic E-state index is -0.995. The molecule has 0 aliphatic heterocycles. The molecular weight excluding hydrogens is 358 g/mol. The van der Waals surface area contributed by atoms with Crippen LogP contribution in [-0.4, -0.2) is 33.8 Å². The third-order valence-corrected chi connectivity index (χ3v) is 4.28. The summed E-state index contributed by atoms with van der Waals surface area (Å²) >= 11 is 0. The molecule has 0 spiro atoms. The van der Waals surface area contributed by atoms with Crippen molar-refractivity contribution in [1.29, 1.82) is 0 Å². The number of halogens is 2. The van der Waals surface area contributed by atoms with E-state index in [1.54, 1.807) is 6.92 Å². The molecule has 144 valence electrons. The highest BCUT2D eigenvalue weighted by Gasteiger charge is 2.21. The Morgan fingerprint density at radius 1 is 1.30 bits per heavy atom. The van der Waals surface area contributed by atoms with Crippen LogP contribution in [-0.2, 0) is 4.79 Å². The molecule has 1 heterocycles. The van der Waals surface area contributed by atoms with Crippen LogP contribution in [0, 0.1) is 17.6 Å². The highest BCUT2D eigenvalue weighted by molar-refractivity contribution is 5.67. The third kappa shape index (κ3) is 4.90. The Bertz CT molecular complexity index is 804. The van der Waals surface area contributed by atoms with Gasteiger partial charge in [-0.2, -0.15) is 0 Å². The number of carboxylic acids is 1. The molecule has 6 nitrogen and oxygen atoms in total. The fraction of sp³-hybridized carbons (Fsp3) is 0.421. The highest BCUT2D eigenvalue weighted by Crippen LogP contribution is 2.30. The molecule has 3 rings (SSSR count). The standard InChI is InChI=1S/C19H20F2N2O4/c1-11(5-18(24)25)10-26-19-14(20)6-12(7-15(19)21)16-8-22-9-17(23-16)27-13-3-2-4-13/h6-9,11,13H,2-5,10H2,1H3,(H,24,25). The van der Waals surface area contributed by atoms with Gasteiger partial charge in [-0.05, 0) is 31.4 Å². The van der Waals surface area contributed by atoms with Crippen molar-refractivity contribution in [3.05, 3.63) is 36.2 Å². The van der Waals surface area contributed by atoms with E-state index in [9.17, 15) is 13.6 Å². The van der Waals surface area contributed by atoms with Gasteiger partial charge in [-0.3, -0.25) is 9.78 Å². The molecule has 1 atom stereocenters. The zero-order valence-electron chi connectivity index (χ0n) is 14.8. The molecule has 1 fully saturated rings. The molecule has 0 amide bonds. The molecule has 1 N–H and O–H groups in total. The van der Waals surface area contributed by atoms with Crippen molar-refractivity contribution in [2.45, 2.75) is 38.7 Å². The summed E-state index contributed by atoms with van der Waals surface area (Å²) in [5, 5.41) is 8.72. The summed E-state index contributed by atoms with van der Waals surface area (Å²) < 4.78 is 39.5. The van der Waals surface area contributed by atoms with E-state index in [2.05, 4.69) is 9.97 Å². The minimum absolute atomic E-state index is 0.107. The number of ether oxygens (including phenoxy) is 2. The number of carbonyl (C=O) groups is 1. The maximum Gasteiger partial charge on any atom is 0.303 e. The number of hydrogen-bond donors (Lipinski definition) is 1. The number of carboxylic acid groups (broad SMARTS) is 1. The number of benzene rings is 1. The number of hydrogen-bond acceptors (Lipinski definition) is 5. The second-order valence-electron chi connectivity index (χ2n) is 6.70. The molecule has 1 aromatic heterocycles. The van der Waals surface area contributed by atoms with Crippen LogP contribution in [0.1, 0.15) is 32.6 Å². The Labute approximate surface area is 155 Å². The van der Waals surface area contributed by atoms with Gasteiger partial charge in [-0.1, -0.05) is 6.92 Å². The normalized spacial score (nSPS) is 15.1. The highest BCUT2D eigenvalue weighted by atomic mass is 19.1. The molecule has 1 aliphatic carbocycles. The maximum absolute atomic E-state index is 14.3. The van der Waals surface area contributed by atoms with Crippen LogP contribution in [0.4, 0.5) is 8.78 Å². The van der Waals surface area contributed by atoms with Gasteiger partial charge < -0.3 is 14.6 Å². The van der Waals surface area contributed by atoms with E-state index >= 15 is 0 Å². The van der Waals surface area contributed by atoms with Crippen molar-refractivity contribution in [3.63, 3.8) is 0 Å². The molecular formula is C19H20F2N2O4. The Morgan fingerprint density at radius 2 is 2.00 bits per heavy atom. The summed E-state index contributed by atoms with van der Waals surface area (Å²) in [5.41, 5.74) is 0.498. The summed E-state index contributed by atoms with van der Waals surface area (Å²) in [5.74, 6) is -3.37. The summed E-state index contributed by atoms with van der Waals surface area (Å²) in [4.78, 5) is 18.9. The number of nitrogens with zero attached hydrogens (tertiary/aromatic N) is 2. The molecule has 27 heavy (non-hydrogen) atoms. The van der Waals surface area contributed by atoms with Crippen molar-refractivity contribution >= 4 is 5.97 Å². The molecule has 2 aromatic rings. The Balaban J connectivity index is 1.74. The Morgan fingerprint density at radius 3 is 2.59 bits per heavy atom. The van der Waals surface area contributed by atoms with Gasteiger partial charge in [0.15, 0.2) is 17.4 Å². The van der Waals surface area contributed by atoms with E-state index in [-0.39, 0.29) is 36.3 Å². The first-order valence-electron chi connectivity index (χ1n) is 8.75. The third-order valence-electron chi connectivity index (χ3n) is 4.28. The first kappa shape index (κ1) is 19.0. The van der Waals surface area contributed by atoms with Gasteiger partial charge in [0.1, 0.15) is 6.10 Å². The van der Waals surface area contributed by atoms with Gasteiger partial charge in [0.2, 0.25) is 5.88 Å². The van der Waals surface area contributed by atoms with Gasteiger partial charge in [0, 0.05) is 11.5 Å². The van der Waals surface area contributed by atoms with Crippen molar-refractivity contribution in [1.82, 2.24) is 9.97 Å². The van der Waals surface area contributed by atoms with Gasteiger partial charge in [-0.15, -0.1) is 0 Å². The maximum atomic E-state index is 14.3. The molecule has 0 bridgehead atoms. The molecule has 1 aliphatic rings. The van der Waals surface area contributed by atoms with E-state index in [1.807, 2.05) is 0 Å². The first-order chi connectivity index (χ1) is 12.9. The summed E-state index contributed by atoms with van der Waals surface area (Å²) in [7, 11) is 0. The number of aliphatic carboxylic acids is 1. The van der Waals surface area contributed by atoms with Crippen molar-refractivity contribution in [2.24, 2.45) is 5.92 Å². The second kappa shape index (κ2) is 8.28. The molecule has 8 heteroatoms. The lowest BCUT2D eigenvalue weighted by molar-refractivity contribution is -0.138. The van der Waals surface area contributed by atoms with Crippen molar-refractivity contribution < 1.29 is 28.2 Å². The molecule has 0 radical (unpaired) electrons. The van der Waals surface area contributed by atoms with Crippen LogP contribution in [0.15, 0.2) is 24.5 Å². The lowest BCUT2D eigenvalue weighted by Gasteiger charge is -2.25. The molecule has 0 saturated heterocycles. The summed E-state index contributed by atoms with van der Waals surface area (Å²) in [6, 6.07) is 2.22. The van der Waals surface area contributed by atoms with Crippen LogP contribution >= 0.6 is 0 Å². The van der Waals surface area contributed by atoms with Crippen LogP contribution < -0.4 is 9.47 Å².